The molecule has 2 aromatic rings. The van der Waals surface area contributed by atoms with Crippen LogP contribution < -0.4 is 0 Å². The van der Waals surface area contributed by atoms with Crippen molar-refractivity contribution in [3.05, 3.63) is 22.7 Å². The third-order valence-electron chi connectivity index (χ3n) is 1.52. The Hall–Kier alpha value is -1.69. The van der Waals surface area contributed by atoms with Gasteiger partial charge in [0, 0.05) is 6.20 Å². The van der Waals surface area contributed by atoms with Crippen LogP contribution in [-0.2, 0) is 0 Å². The van der Waals surface area contributed by atoms with Crippen molar-refractivity contribution in [2.24, 2.45) is 0 Å². The topological polar surface area (TPSA) is 79.1 Å². The summed E-state index contributed by atoms with van der Waals surface area (Å²) in [5.74, 6) is -1.03. The van der Waals surface area contributed by atoms with E-state index < -0.39 is 5.97 Å². The highest BCUT2D eigenvalue weighted by atomic mass is 32.1. The van der Waals surface area contributed by atoms with Gasteiger partial charge in [0.1, 0.15) is 5.52 Å². The lowest BCUT2D eigenvalue weighted by molar-refractivity contribution is 0.0696. The molecule has 0 saturated carbocycles. The van der Waals surface area contributed by atoms with Gasteiger partial charge in [0.15, 0.2) is 0 Å². The second kappa shape index (κ2) is 2.67. The van der Waals surface area contributed by atoms with E-state index in [0.717, 1.165) is 0 Å². The summed E-state index contributed by atoms with van der Waals surface area (Å²) in [6.07, 6.45) is 1.22. The molecule has 2 aromatic heterocycles. The number of pyridine rings is 1. The number of fused-ring (bicyclic) bond motifs is 1. The highest BCUT2D eigenvalue weighted by molar-refractivity contribution is 7.71. The van der Waals surface area contributed by atoms with E-state index in [2.05, 4.69) is 9.97 Å². The van der Waals surface area contributed by atoms with E-state index in [1.165, 1.54) is 12.3 Å². The SMILES string of the molecule is O=C(O)c1cnc2oc(=S)[nH]c2c1. The minimum Gasteiger partial charge on any atom is -0.478 e. The Morgan fingerprint density at radius 3 is 3.15 bits per heavy atom. The molecule has 2 N–H and O–H groups in total. The number of nitrogens with zero attached hydrogens (tertiary/aromatic N) is 1. The van der Waals surface area contributed by atoms with Crippen LogP contribution in [0.5, 0.6) is 0 Å². The van der Waals surface area contributed by atoms with Gasteiger partial charge in [-0.3, -0.25) is 0 Å². The first-order valence-corrected chi connectivity index (χ1v) is 3.80. The number of aromatic nitrogens is 2. The molecule has 5 nitrogen and oxygen atoms in total. The number of hydrogen-bond acceptors (Lipinski definition) is 4. The van der Waals surface area contributed by atoms with Crippen molar-refractivity contribution < 1.29 is 14.3 Å². The fourth-order valence-corrected chi connectivity index (χ4v) is 1.15. The van der Waals surface area contributed by atoms with Gasteiger partial charge in [0.05, 0.1) is 5.56 Å². The first-order valence-electron chi connectivity index (χ1n) is 3.39. The van der Waals surface area contributed by atoms with Crippen LogP contribution in [0.3, 0.4) is 0 Å². The highest BCUT2D eigenvalue weighted by Gasteiger charge is 2.06. The van der Waals surface area contributed by atoms with Crippen molar-refractivity contribution in [2.75, 3.05) is 0 Å². The Morgan fingerprint density at radius 2 is 2.46 bits per heavy atom. The Kier molecular flexibility index (Phi) is 1.63. The summed E-state index contributed by atoms with van der Waals surface area (Å²) in [7, 11) is 0. The van der Waals surface area contributed by atoms with Crippen LogP contribution >= 0.6 is 12.2 Å². The molecule has 0 unspecified atom stereocenters. The Balaban J connectivity index is 2.74. The standard InChI is InChI=1S/C7H4N2O3S/c10-6(11)3-1-4-5(8-2-3)12-7(13)9-4/h1-2H,(H,9,13)(H,10,11). The number of H-pyrrole nitrogens is 1. The van der Waals surface area contributed by atoms with Crippen LogP contribution in [0.15, 0.2) is 16.7 Å². The van der Waals surface area contributed by atoms with Crippen molar-refractivity contribution in [3.8, 4) is 0 Å². The van der Waals surface area contributed by atoms with Gasteiger partial charge in [-0.1, -0.05) is 0 Å². The molecule has 0 aromatic carbocycles. The second-order valence-electron chi connectivity index (χ2n) is 2.40. The number of aromatic amines is 1. The number of carboxylic acid groups (broad SMARTS) is 1. The monoisotopic (exact) mass is 196 g/mol. The molecule has 0 radical (unpaired) electrons. The number of carbonyl (C=O) groups is 1. The first kappa shape index (κ1) is 7.93. The van der Waals surface area contributed by atoms with E-state index in [9.17, 15) is 4.79 Å². The summed E-state index contributed by atoms with van der Waals surface area (Å²) in [6, 6.07) is 1.42. The molecule has 13 heavy (non-hydrogen) atoms. The number of rotatable bonds is 1. The minimum absolute atomic E-state index is 0.0968. The van der Waals surface area contributed by atoms with Gasteiger partial charge in [0.2, 0.25) is 5.71 Å². The summed E-state index contributed by atoms with van der Waals surface area (Å²) < 4.78 is 4.96. The maximum absolute atomic E-state index is 10.5. The second-order valence-corrected chi connectivity index (χ2v) is 2.77. The zero-order chi connectivity index (χ0) is 9.42. The molecule has 0 atom stereocenters. The molecule has 0 aliphatic heterocycles. The predicted molar refractivity (Wildman–Crippen MR) is 46.2 cm³/mol. The molecule has 0 spiro atoms. The molecule has 2 rings (SSSR count). The number of carboxylic acids is 1. The quantitative estimate of drug-likeness (QED) is 0.677. The maximum atomic E-state index is 10.5. The van der Waals surface area contributed by atoms with Gasteiger partial charge >= 0.3 is 5.97 Å². The molecule has 0 aliphatic carbocycles. The van der Waals surface area contributed by atoms with E-state index in [0.29, 0.717) is 11.2 Å². The van der Waals surface area contributed by atoms with Crippen molar-refractivity contribution >= 4 is 29.4 Å². The summed E-state index contributed by atoms with van der Waals surface area (Å²) in [5, 5.41) is 8.64. The van der Waals surface area contributed by atoms with Gasteiger partial charge in [-0.2, -0.15) is 0 Å². The van der Waals surface area contributed by atoms with E-state index >= 15 is 0 Å². The van der Waals surface area contributed by atoms with Crippen molar-refractivity contribution in [3.63, 3.8) is 0 Å². The van der Waals surface area contributed by atoms with Gasteiger partial charge in [-0.25, -0.2) is 9.78 Å². The molecule has 0 aliphatic rings. The lowest BCUT2D eigenvalue weighted by Gasteiger charge is -1.90. The van der Waals surface area contributed by atoms with E-state index in [4.69, 9.17) is 21.7 Å². The molecule has 0 saturated heterocycles. The summed E-state index contributed by atoms with van der Waals surface area (Å²) in [6.45, 7) is 0. The first-order chi connectivity index (χ1) is 6.16. The number of oxazole rings is 1. The van der Waals surface area contributed by atoms with Gasteiger partial charge in [-0.15, -0.1) is 0 Å². The molecule has 2 heterocycles. The van der Waals surface area contributed by atoms with E-state index in [1.54, 1.807) is 0 Å². The normalized spacial score (nSPS) is 10.5. The predicted octanol–water partition coefficient (Wildman–Crippen LogP) is 1.58. The maximum Gasteiger partial charge on any atom is 0.337 e. The van der Waals surface area contributed by atoms with Gasteiger partial charge in [-0.05, 0) is 18.3 Å². The molecule has 0 amide bonds. The average Bonchev–Trinajstić information content (AvgIpc) is 2.42. The fraction of sp³-hybridized carbons (Fsp3) is 0. The van der Waals surface area contributed by atoms with Crippen molar-refractivity contribution in [1.29, 1.82) is 0 Å². The van der Waals surface area contributed by atoms with Crippen LogP contribution in [0, 0.1) is 4.84 Å². The van der Waals surface area contributed by atoms with Gasteiger partial charge in [0.25, 0.3) is 4.84 Å². The fourth-order valence-electron chi connectivity index (χ4n) is 0.963. The lowest BCUT2D eigenvalue weighted by atomic mass is 10.3. The van der Waals surface area contributed by atoms with Crippen LogP contribution in [-0.4, -0.2) is 21.0 Å². The van der Waals surface area contributed by atoms with Crippen molar-refractivity contribution in [1.82, 2.24) is 9.97 Å². The Labute approximate surface area is 77.0 Å². The molecule has 0 fully saturated rings. The van der Waals surface area contributed by atoms with Gasteiger partial charge < -0.3 is 14.5 Å². The third-order valence-corrected chi connectivity index (χ3v) is 1.71. The molecular weight excluding hydrogens is 192 g/mol. The molecule has 6 heteroatoms. The summed E-state index contributed by atoms with van der Waals surface area (Å²) in [5.41, 5.74) is 0.902. The molecular formula is C7H4N2O3S. The van der Waals surface area contributed by atoms with Crippen LogP contribution in [0.1, 0.15) is 10.4 Å². The number of nitrogens with one attached hydrogen (secondary N) is 1. The van der Waals surface area contributed by atoms with E-state index in [-0.39, 0.29) is 10.4 Å². The molecule has 66 valence electrons. The molecule has 0 bridgehead atoms. The van der Waals surface area contributed by atoms with Crippen LogP contribution in [0.2, 0.25) is 0 Å². The minimum atomic E-state index is -1.03. The largest absolute Gasteiger partial charge is 0.478 e. The summed E-state index contributed by atoms with van der Waals surface area (Å²) >= 11 is 4.71. The van der Waals surface area contributed by atoms with Crippen LogP contribution in [0.25, 0.3) is 11.2 Å². The highest BCUT2D eigenvalue weighted by Crippen LogP contribution is 2.11. The Morgan fingerprint density at radius 1 is 1.69 bits per heavy atom. The van der Waals surface area contributed by atoms with E-state index in [1.807, 2.05) is 0 Å². The third kappa shape index (κ3) is 1.31. The number of aromatic carboxylic acids is 1. The van der Waals surface area contributed by atoms with Crippen molar-refractivity contribution in [2.45, 2.75) is 0 Å². The Bertz CT molecular complexity index is 528. The van der Waals surface area contributed by atoms with Crippen LogP contribution in [0.4, 0.5) is 0 Å². The smallest absolute Gasteiger partial charge is 0.337 e. The summed E-state index contributed by atoms with van der Waals surface area (Å²) in [4.78, 5) is 17.2. The number of hydrogen-bond donors (Lipinski definition) is 2. The average molecular weight is 196 g/mol. The zero-order valence-electron chi connectivity index (χ0n) is 6.27. The zero-order valence-corrected chi connectivity index (χ0v) is 7.09. The lowest BCUT2D eigenvalue weighted by Crippen LogP contribution is -1.96.